The summed E-state index contributed by atoms with van der Waals surface area (Å²) in [6.07, 6.45) is 2.25. The molecule has 0 saturated carbocycles. The minimum atomic E-state index is -1.85. The number of hydrogen-bond acceptors (Lipinski definition) is 3. The van der Waals surface area contributed by atoms with Crippen LogP contribution in [0, 0.1) is 6.43 Å². The van der Waals surface area contributed by atoms with E-state index in [-0.39, 0.29) is 5.65 Å². The van der Waals surface area contributed by atoms with E-state index in [1.807, 2.05) is 0 Å². The highest BCUT2D eigenvalue weighted by molar-refractivity contribution is 5.46. The molecule has 0 bridgehead atoms. The summed E-state index contributed by atoms with van der Waals surface area (Å²) in [6, 6.07) is 0. The lowest BCUT2D eigenvalue weighted by atomic mass is 10.4. The van der Waals surface area contributed by atoms with Crippen LogP contribution in [0.3, 0.4) is 0 Å². The maximum Gasteiger partial charge on any atom is 0.361 e. The van der Waals surface area contributed by atoms with E-state index < -0.39 is 12.1 Å². The molecule has 0 unspecified atom stereocenters. The fourth-order valence-corrected chi connectivity index (χ4v) is 0.892. The molecule has 4 nitrogen and oxygen atoms in total. The van der Waals surface area contributed by atoms with Crippen LogP contribution in [0.1, 0.15) is 5.69 Å². The maximum atomic E-state index is 12.1. The zero-order valence-electron chi connectivity index (χ0n) is 5.78. The fraction of sp³-hybridized carbons (Fsp3) is 0. The predicted octanol–water partition coefficient (Wildman–Crippen LogP) is 0.901. The van der Waals surface area contributed by atoms with E-state index in [0.717, 1.165) is 0 Å². The van der Waals surface area contributed by atoms with Crippen LogP contribution in [0.15, 0.2) is 18.7 Å². The second kappa shape index (κ2) is 2.47. The lowest BCUT2D eigenvalue weighted by Gasteiger charge is -1.96. The van der Waals surface area contributed by atoms with Crippen LogP contribution < -0.4 is 0 Å². The molecule has 0 spiro atoms. The Kier molecular flexibility index (Phi) is 1.46. The average Bonchev–Trinajstić information content (AvgIpc) is 2.49. The van der Waals surface area contributed by atoms with Crippen molar-refractivity contribution in [3.8, 4) is 0 Å². The quantitative estimate of drug-likeness (QED) is 0.637. The molecule has 12 heavy (non-hydrogen) atoms. The summed E-state index contributed by atoms with van der Waals surface area (Å²) in [6.45, 7) is 0. The molecule has 0 aliphatic heterocycles. The largest absolute Gasteiger partial charge is 0.361 e. The third-order valence-corrected chi connectivity index (χ3v) is 1.39. The monoisotopic (exact) mass is 169 g/mol. The highest BCUT2D eigenvalue weighted by Gasteiger charge is 2.16. The van der Waals surface area contributed by atoms with Crippen molar-refractivity contribution in [1.82, 2.24) is 19.6 Å². The van der Waals surface area contributed by atoms with Gasteiger partial charge in [-0.3, -0.25) is 4.40 Å². The van der Waals surface area contributed by atoms with Gasteiger partial charge in [-0.1, -0.05) is 0 Å². The van der Waals surface area contributed by atoms with Crippen LogP contribution in [0.4, 0.5) is 8.78 Å². The van der Waals surface area contributed by atoms with E-state index in [2.05, 4.69) is 15.2 Å². The van der Waals surface area contributed by atoms with E-state index >= 15 is 0 Å². The normalized spacial score (nSPS) is 11.2. The van der Waals surface area contributed by atoms with Crippen molar-refractivity contribution in [3.05, 3.63) is 30.8 Å². The van der Waals surface area contributed by atoms with Crippen molar-refractivity contribution >= 4 is 5.65 Å². The molecule has 2 aromatic heterocycles. The van der Waals surface area contributed by atoms with Crippen LogP contribution in [0.2, 0.25) is 0 Å². The molecule has 2 aromatic rings. The fourth-order valence-electron chi connectivity index (χ4n) is 0.892. The lowest BCUT2D eigenvalue weighted by molar-refractivity contribution is 0.320. The topological polar surface area (TPSA) is 43.1 Å². The minimum absolute atomic E-state index is 0.0671. The Balaban J connectivity index is 2.73. The molecular formula is C6H3F2N4. The van der Waals surface area contributed by atoms with Crippen LogP contribution in [-0.4, -0.2) is 19.6 Å². The molecule has 0 amide bonds. The summed E-state index contributed by atoms with van der Waals surface area (Å²) in [5.74, 6) is 0. The Labute approximate surface area is 65.9 Å². The first kappa shape index (κ1) is 7.08. The zero-order valence-corrected chi connectivity index (χ0v) is 5.78. The van der Waals surface area contributed by atoms with E-state index in [1.54, 1.807) is 0 Å². The van der Waals surface area contributed by atoms with Crippen molar-refractivity contribution in [3.63, 3.8) is 0 Å². The molecule has 61 valence electrons. The first-order valence-corrected chi connectivity index (χ1v) is 3.11. The molecule has 2 heterocycles. The number of aromatic nitrogens is 4. The first-order valence-electron chi connectivity index (χ1n) is 3.11. The molecule has 0 atom stereocenters. The predicted molar refractivity (Wildman–Crippen MR) is 35.3 cm³/mol. The summed E-state index contributed by atoms with van der Waals surface area (Å²) in [7, 11) is 0. The average molecular weight is 169 g/mol. The lowest BCUT2D eigenvalue weighted by Crippen LogP contribution is -1.96. The maximum absolute atomic E-state index is 12.1. The van der Waals surface area contributed by atoms with Gasteiger partial charge in [-0.2, -0.15) is 8.78 Å². The number of hydrogen-bond donors (Lipinski definition) is 0. The summed E-state index contributed by atoms with van der Waals surface area (Å²) >= 11 is 0. The third kappa shape index (κ3) is 0.919. The van der Waals surface area contributed by atoms with Gasteiger partial charge in [-0.25, -0.2) is 4.98 Å². The SMILES string of the molecule is F[C](F)c1nccn2cnnc12. The second-order valence-corrected chi connectivity index (χ2v) is 2.10. The number of halogens is 2. The zero-order chi connectivity index (χ0) is 8.55. The summed E-state index contributed by atoms with van der Waals surface area (Å²) in [5, 5.41) is 6.96. The molecule has 6 heteroatoms. The molecule has 2 rings (SSSR count). The van der Waals surface area contributed by atoms with Gasteiger partial charge in [-0.15, -0.1) is 10.2 Å². The molecule has 0 aliphatic carbocycles. The van der Waals surface area contributed by atoms with Crippen LogP contribution in [0.25, 0.3) is 5.65 Å². The Hall–Kier alpha value is -1.59. The van der Waals surface area contributed by atoms with Crippen LogP contribution in [-0.2, 0) is 0 Å². The van der Waals surface area contributed by atoms with Crippen molar-refractivity contribution < 1.29 is 8.78 Å². The minimum Gasteiger partial charge on any atom is -0.286 e. The van der Waals surface area contributed by atoms with Gasteiger partial charge in [0.15, 0.2) is 11.3 Å². The van der Waals surface area contributed by atoms with E-state index in [9.17, 15) is 8.78 Å². The van der Waals surface area contributed by atoms with Crippen molar-refractivity contribution in [2.24, 2.45) is 0 Å². The molecule has 0 saturated heterocycles. The summed E-state index contributed by atoms with van der Waals surface area (Å²) in [5.41, 5.74) is -0.354. The number of nitrogens with zero attached hydrogens (tertiary/aromatic N) is 4. The van der Waals surface area contributed by atoms with Gasteiger partial charge in [0.25, 0.3) is 0 Å². The Bertz CT molecular complexity index is 397. The molecule has 0 aromatic carbocycles. The van der Waals surface area contributed by atoms with E-state index in [1.165, 1.54) is 23.1 Å². The molecule has 1 radical (unpaired) electrons. The van der Waals surface area contributed by atoms with Crippen molar-refractivity contribution in [2.45, 2.75) is 0 Å². The standard InChI is InChI=1S/C6H3F2N4/c7-5(8)4-6-11-10-3-12(6)2-1-9-4/h1-3H. The molecular weight excluding hydrogens is 166 g/mol. The number of rotatable bonds is 1. The highest BCUT2D eigenvalue weighted by atomic mass is 19.3. The van der Waals surface area contributed by atoms with Crippen LogP contribution >= 0.6 is 0 Å². The smallest absolute Gasteiger partial charge is 0.286 e. The van der Waals surface area contributed by atoms with Gasteiger partial charge in [-0.05, 0) is 0 Å². The molecule has 0 N–H and O–H groups in total. The Morgan fingerprint density at radius 2 is 2.25 bits per heavy atom. The van der Waals surface area contributed by atoms with Crippen LogP contribution in [0.5, 0.6) is 0 Å². The van der Waals surface area contributed by atoms with Crippen molar-refractivity contribution in [2.75, 3.05) is 0 Å². The van der Waals surface area contributed by atoms with Gasteiger partial charge in [0, 0.05) is 12.4 Å². The van der Waals surface area contributed by atoms with E-state index in [4.69, 9.17) is 0 Å². The van der Waals surface area contributed by atoms with Gasteiger partial charge < -0.3 is 0 Å². The Morgan fingerprint density at radius 1 is 1.42 bits per heavy atom. The first-order chi connectivity index (χ1) is 5.79. The highest BCUT2D eigenvalue weighted by Crippen LogP contribution is 2.17. The second-order valence-electron chi connectivity index (χ2n) is 2.10. The summed E-state index contributed by atoms with van der Waals surface area (Å²) in [4.78, 5) is 3.47. The number of fused-ring (bicyclic) bond motifs is 1. The third-order valence-electron chi connectivity index (χ3n) is 1.39. The van der Waals surface area contributed by atoms with Gasteiger partial charge in [0.1, 0.15) is 6.33 Å². The molecule has 0 fully saturated rings. The Morgan fingerprint density at radius 3 is 3.00 bits per heavy atom. The van der Waals surface area contributed by atoms with Gasteiger partial charge in [0.2, 0.25) is 0 Å². The van der Waals surface area contributed by atoms with E-state index in [0.29, 0.717) is 0 Å². The molecule has 0 aliphatic rings. The van der Waals surface area contributed by atoms with Gasteiger partial charge in [0.05, 0.1) is 0 Å². The van der Waals surface area contributed by atoms with Crippen molar-refractivity contribution in [1.29, 1.82) is 0 Å². The van der Waals surface area contributed by atoms with Gasteiger partial charge >= 0.3 is 6.43 Å². The summed E-state index contributed by atoms with van der Waals surface area (Å²) < 4.78 is 25.7.